The van der Waals surface area contributed by atoms with E-state index in [4.69, 9.17) is 158 Å². The molecule has 31 nitrogen and oxygen atoms in total. The molecular formula is C43H38Cl2Li18N4O27S2. The fourth-order valence-corrected chi connectivity index (χ4v) is 7.66. The molecule has 2 heterocycles. The van der Waals surface area contributed by atoms with Crippen molar-refractivity contribution in [2.24, 2.45) is 0 Å². The minimum atomic E-state index is -2.33. The Balaban J connectivity index is -0.0000000315. The molecule has 0 N–H and O–H groups in total. The molecular weight excluding hydrogens is 1260 g/mol. The molecule has 0 spiro atoms. The Kier molecular flexibility index (Phi) is 176. The molecule has 0 saturated carbocycles. The van der Waals surface area contributed by atoms with Crippen LogP contribution in [0.1, 0.15) is 12.8 Å². The third-order valence-corrected chi connectivity index (χ3v) is 9.88. The molecule has 0 fully saturated rings. The van der Waals surface area contributed by atoms with Gasteiger partial charge in [0.15, 0.2) is 0 Å². The van der Waals surface area contributed by atoms with Crippen LogP contribution in [0.2, 0.25) is 10.0 Å². The van der Waals surface area contributed by atoms with Crippen LogP contribution in [0, 0.1) is 0 Å². The standard InChI is InChI=1S/2C17H19ClN2S.9CH2O3.18Li/c2*1-19(2)10-5-11-20-14-6-3-4-7-16(14)21-17-9-8-13(18)12-15(17)20;9*2-1(3)4;;;;;;;;;;;;;;;;;;/h2*3-4,6-9,12H,5,10-11H2,1-2H3;9*(H2,2,3,4);;;;;;;;;;;;;;;;;;/q;;;;;;;;;;;18*+1/p-18. The number of hydrogen-bond acceptors (Lipinski definition) is 33. The van der Waals surface area contributed by atoms with Gasteiger partial charge in [-0.3, -0.25) is 0 Å². The molecule has 2 aliphatic rings. The van der Waals surface area contributed by atoms with Gasteiger partial charge in [-0.1, -0.05) is 71.0 Å². The second kappa shape index (κ2) is 103. The van der Waals surface area contributed by atoms with Crippen molar-refractivity contribution in [2.45, 2.75) is 32.4 Å². The molecule has 436 valence electrons. The summed E-state index contributed by atoms with van der Waals surface area (Å²) in [6, 6.07) is 29.5. The van der Waals surface area contributed by atoms with Crippen LogP contribution in [0.15, 0.2) is 105 Å². The Labute approximate surface area is 789 Å². The number of fused-ring (bicyclic) bond motifs is 4. The van der Waals surface area contributed by atoms with E-state index in [1.165, 1.54) is 42.3 Å². The first-order chi connectivity index (χ1) is 35.9. The van der Waals surface area contributed by atoms with Crippen LogP contribution in [0.4, 0.5) is 65.9 Å². The molecule has 2 aliphatic heterocycles. The van der Waals surface area contributed by atoms with Gasteiger partial charge in [-0.15, -0.1) is 0 Å². The number of nitrogens with zero attached hydrogens (tertiary/aromatic N) is 4. The maximum Gasteiger partial charge on any atom is 1.00 e. The molecule has 0 unspecified atom stereocenters. The molecule has 0 atom stereocenters. The molecule has 4 aromatic rings. The van der Waals surface area contributed by atoms with Gasteiger partial charge in [0, 0.05) is 42.7 Å². The molecule has 53 heteroatoms. The summed E-state index contributed by atoms with van der Waals surface area (Å²) in [5.41, 5.74) is 5.03. The Morgan fingerprint density at radius 1 is 0.302 bits per heavy atom. The van der Waals surface area contributed by atoms with Crippen LogP contribution in [0.25, 0.3) is 0 Å². The predicted molar refractivity (Wildman–Crippen MR) is 233 cm³/mol. The van der Waals surface area contributed by atoms with E-state index in [0.717, 1.165) is 49.1 Å². The molecule has 4 aromatic carbocycles. The number of carbonyl (C=O) groups excluding carboxylic acids is 9. The van der Waals surface area contributed by atoms with Crippen molar-refractivity contribution in [3.8, 4) is 0 Å². The summed E-state index contributed by atoms with van der Waals surface area (Å²) in [5.74, 6) is 0. The third kappa shape index (κ3) is 117. The zero-order chi connectivity index (χ0) is 61.8. The number of anilines is 4. The summed E-state index contributed by atoms with van der Waals surface area (Å²) in [4.78, 5) is 89.4. The van der Waals surface area contributed by atoms with Crippen LogP contribution in [0.5, 0.6) is 0 Å². The smallest absolute Gasteiger partial charge is 0.652 e. The SMILES string of the molecule is CN(C)CCCN1c2ccccc2Sc2ccc(Cl)cc21.CN(C)CCCN1c2ccccc2Sc2ccc(Cl)cc21.O=C([O-])[O-].O=C([O-])[O-].O=C([O-])[O-].O=C([O-])[O-].O=C([O-])[O-].O=C([O-])[O-].O=C([O-])[O-].O=C([O-])[O-].O=C([O-])[O-].[Li+].[Li+].[Li+].[Li+].[Li+].[Li+].[Li+].[Li+].[Li+].[Li+].[Li+].[Li+].[Li+].[Li+].[Li+].[Li+].[Li+].[Li+]. The Bertz CT molecular complexity index is 2220. The second-order valence-corrected chi connectivity index (χ2v) is 16.3. The zero-order valence-electron chi connectivity index (χ0n) is 58.2. The second-order valence-electron chi connectivity index (χ2n) is 13.2. The largest absolute Gasteiger partial charge is 1.00 e. The van der Waals surface area contributed by atoms with Gasteiger partial charge >= 0.3 is 339 Å². The van der Waals surface area contributed by atoms with Crippen molar-refractivity contribution in [1.29, 1.82) is 0 Å². The number of rotatable bonds is 8. The summed E-state index contributed by atoms with van der Waals surface area (Å²) in [6.07, 6.45) is -18.8. The van der Waals surface area contributed by atoms with Gasteiger partial charge in [0.1, 0.15) is 0 Å². The quantitative estimate of drug-likeness (QED) is 0.148. The van der Waals surface area contributed by atoms with Gasteiger partial charge < -0.3 is 155 Å². The molecule has 0 bridgehead atoms. The van der Waals surface area contributed by atoms with Gasteiger partial charge in [-0.05, 0) is 170 Å². The molecule has 0 amide bonds. The average Bonchev–Trinajstić information content (AvgIpc) is 3.24. The predicted octanol–water partition coefficient (Wildman–Crippen LogP) is -66.2. The Morgan fingerprint density at radius 3 is 0.646 bits per heavy atom. The van der Waals surface area contributed by atoms with E-state index in [1.807, 2.05) is 35.7 Å². The van der Waals surface area contributed by atoms with Crippen LogP contribution >= 0.6 is 46.7 Å². The van der Waals surface area contributed by atoms with Gasteiger partial charge in [-0.25, -0.2) is 0 Å². The molecule has 96 heavy (non-hydrogen) atoms. The van der Waals surface area contributed by atoms with Crippen LogP contribution in [0.3, 0.4) is 0 Å². The molecule has 6 rings (SSSR count). The van der Waals surface area contributed by atoms with E-state index in [0.29, 0.717) is 0 Å². The maximum atomic E-state index is 8.33. The zero-order valence-corrected chi connectivity index (χ0v) is 61.4. The van der Waals surface area contributed by atoms with E-state index in [-0.39, 0.29) is 339 Å². The van der Waals surface area contributed by atoms with Crippen LogP contribution < -0.4 is 441 Å². The fourth-order valence-electron chi connectivity index (χ4n) is 5.18. The van der Waals surface area contributed by atoms with Gasteiger partial charge in [0.2, 0.25) is 0 Å². The number of carboxylic acid groups (broad SMARTS) is 18. The first-order valence-electron chi connectivity index (χ1n) is 19.8. The Hall–Kier alpha value is 1.86. The molecule has 0 aromatic heterocycles. The Morgan fingerprint density at radius 2 is 0.469 bits per heavy atom. The number of benzene rings is 4. The van der Waals surface area contributed by atoms with Gasteiger partial charge in [-0.2, -0.15) is 0 Å². The summed E-state index contributed by atoms with van der Waals surface area (Å²) < 4.78 is 0. The average molecular weight is 1300 g/mol. The molecule has 0 radical (unpaired) electrons. The van der Waals surface area contributed by atoms with E-state index >= 15 is 0 Å². The summed E-state index contributed by atoms with van der Waals surface area (Å²) in [5, 5.41) is 152. The van der Waals surface area contributed by atoms with Gasteiger partial charge in [0.25, 0.3) is 0 Å². The molecule has 0 saturated heterocycles. The van der Waals surface area contributed by atoms with Crippen LogP contribution in [-0.4, -0.2) is 120 Å². The van der Waals surface area contributed by atoms with Crippen molar-refractivity contribution in [3.05, 3.63) is 95.0 Å². The van der Waals surface area contributed by atoms with E-state index in [1.54, 1.807) is 0 Å². The monoisotopic (exact) mass is 1300 g/mol. The number of para-hydroxylation sites is 2. The van der Waals surface area contributed by atoms with Gasteiger partial charge in [0.05, 0.1) is 22.7 Å². The van der Waals surface area contributed by atoms with Crippen molar-refractivity contribution < 1.29 is 475 Å². The number of hydrogen-bond donors (Lipinski definition) is 0. The van der Waals surface area contributed by atoms with E-state index in [2.05, 4.69) is 121 Å². The summed E-state index contributed by atoms with van der Waals surface area (Å²) in [7, 11) is 8.46. The number of halogens is 2. The van der Waals surface area contributed by atoms with Crippen molar-refractivity contribution in [3.63, 3.8) is 0 Å². The van der Waals surface area contributed by atoms with Crippen molar-refractivity contribution in [2.75, 3.05) is 64.2 Å². The summed E-state index contributed by atoms with van der Waals surface area (Å²) in [6.45, 7) is 4.18. The van der Waals surface area contributed by atoms with E-state index in [9.17, 15) is 0 Å². The minimum Gasteiger partial charge on any atom is -0.652 e. The first-order valence-corrected chi connectivity index (χ1v) is 22.2. The maximum absolute atomic E-state index is 8.33. The topological polar surface area (TPSA) is 582 Å². The van der Waals surface area contributed by atoms with Crippen LogP contribution in [-0.2, 0) is 0 Å². The van der Waals surface area contributed by atoms with Crippen molar-refractivity contribution >= 4 is 125 Å². The minimum absolute atomic E-state index is 0. The third-order valence-electron chi connectivity index (χ3n) is 7.15. The fraction of sp³-hybridized carbons (Fsp3) is 0.233. The first kappa shape index (κ1) is 164. The van der Waals surface area contributed by atoms with E-state index < -0.39 is 55.4 Å². The normalized spacial score (nSPS) is 8.04. The van der Waals surface area contributed by atoms with Crippen molar-refractivity contribution in [1.82, 2.24) is 9.80 Å². The summed E-state index contributed by atoms with van der Waals surface area (Å²) >= 11 is 16.1. The molecule has 0 aliphatic carbocycles. The number of carbonyl (C=O) groups is 9.